The fraction of sp³-hybridized carbons (Fsp3) is 0.222. The number of halogens is 1. The molecule has 3 heteroatoms. The van der Waals surface area contributed by atoms with Gasteiger partial charge in [-0.15, -0.1) is 0 Å². The second kappa shape index (κ2) is 5.70. The molecule has 21 heavy (non-hydrogen) atoms. The van der Waals surface area contributed by atoms with Crippen molar-refractivity contribution in [3.63, 3.8) is 0 Å². The van der Waals surface area contributed by atoms with Crippen LogP contribution in [-0.2, 0) is 6.42 Å². The fourth-order valence-electron chi connectivity index (χ4n) is 2.57. The van der Waals surface area contributed by atoms with E-state index in [1.165, 1.54) is 17.2 Å². The highest BCUT2D eigenvalue weighted by molar-refractivity contribution is 5.78. The first-order valence-corrected chi connectivity index (χ1v) is 7.13. The summed E-state index contributed by atoms with van der Waals surface area (Å²) >= 11 is 0. The Kier molecular flexibility index (Phi) is 3.76. The van der Waals surface area contributed by atoms with Crippen molar-refractivity contribution in [2.75, 3.05) is 0 Å². The van der Waals surface area contributed by atoms with Crippen LogP contribution in [0.3, 0.4) is 0 Å². The van der Waals surface area contributed by atoms with E-state index in [-0.39, 0.29) is 11.9 Å². The topological polar surface area (TPSA) is 39.2 Å². The van der Waals surface area contributed by atoms with Gasteiger partial charge in [-0.05, 0) is 43.0 Å². The molecule has 3 rings (SSSR count). The van der Waals surface area contributed by atoms with E-state index in [1.807, 2.05) is 24.3 Å². The summed E-state index contributed by atoms with van der Waals surface area (Å²) in [5, 5.41) is 0.761. The van der Waals surface area contributed by atoms with E-state index >= 15 is 0 Å². The SMILES string of the molecule is Cc1ccccc1CCC(N)c1cc2cccc(F)c2o1. The molecule has 0 fully saturated rings. The zero-order valence-corrected chi connectivity index (χ0v) is 12.0. The molecule has 0 amide bonds. The summed E-state index contributed by atoms with van der Waals surface area (Å²) in [7, 11) is 0. The largest absolute Gasteiger partial charge is 0.456 e. The van der Waals surface area contributed by atoms with Crippen molar-refractivity contribution in [2.45, 2.75) is 25.8 Å². The van der Waals surface area contributed by atoms with Gasteiger partial charge in [-0.3, -0.25) is 0 Å². The highest BCUT2D eigenvalue weighted by Gasteiger charge is 2.14. The van der Waals surface area contributed by atoms with Crippen LogP contribution in [0, 0.1) is 12.7 Å². The first-order valence-electron chi connectivity index (χ1n) is 7.13. The molecule has 1 aromatic heterocycles. The summed E-state index contributed by atoms with van der Waals surface area (Å²) in [6.07, 6.45) is 1.65. The summed E-state index contributed by atoms with van der Waals surface area (Å²) < 4.78 is 19.2. The second-order valence-electron chi connectivity index (χ2n) is 5.38. The van der Waals surface area contributed by atoms with E-state index in [9.17, 15) is 4.39 Å². The number of benzene rings is 2. The van der Waals surface area contributed by atoms with Crippen molar-refractivity contribution >= 4 is 11.0 Å². The molecular formula is C18H18FNO. The summed E-state index contributed by atoms with van der Waals surface area (Å²) in [6.45, 7) is 2.09. The minimum atomic E-state index is -0.343. The molecule has 3 aromatic rings. The number of hydrogen-bond donors (Lipinski definition) is 1. The lowest BCUT2D eigenvalue weighted by molar-refractivity contribution is 0.465. The van der Waals surface area contributed by atoms with Gasteiger partial charge in [0.05, 0.1) is 6.04 Å². The number of aryl methyl sites for hydroxylation is 2. The predicted molar refractivity (Wildman–Crippen MR) is 82.6 cm³/mol. The van der Waals surface area contributed by atoms with Crippen LogP contribution in [0.15, 0.2) is 52.9 Å². The molecule has 0 saturated heterocycles. The van der Waals surface area contributed by atoms with E-state index < -0.39 is 0 Å². The van der Waals surface area contributed by atoms with Gasteiger partial charge in [0.25, 0.3) is 0 Å². The smallest absolute Gasteiger partial charge is 0.169 e. The summed E-state index contributed by atoms with van der Waals surface area (Å²) in [5.41, 5.74) is 9.03. The molecule has 0 radical (unpaired) electrons. The lowest BCUT2D eigenvalue weighted by atomic mass is 10.0. The Morgan fingerprint density at radius 2 is 1.95 bits per heavy atom. The van der Waals surface area contributed by atoms with Crippen LogP contribution in [0.2, 0.25) is 0 Å². The Labute approximate surface area is 123 Å². The molecule has 2 N–H and O–H groups in total. The maximum absolute atomic E-state index is 13.6. The first kappa shape index (κ1) is 13.8. The summed E-state index contributed by atoms with van der Waals surface area (Å²) in [6, 6.07) is 14.8. The third kappa shape index (κ3) is 2.83. The Balaban J connectivity index is 1.76. The molecule has 0 aliphatic heterocycles. The molecule has 0 aliphatic carbocycles. The Morgan fingerprint density at radius 3 is 2.71 bits per heavy atom. The zero-order valence-electron chi connectivity index (χ0n) is 12.0. The van der Waals surface area contributed by atoms with Crippen molar-refractivity contribution in [2.24, 2.45) is 5.73 Å². The van der Waals surface area contributed by atoms with Crippen LogP contribution in [-0.4, -0.2) is 0 Å². The van der Waals surface area contributed by atoms with Crippen molar-refractivity contribution < 1.29 is 8.81 Å². The van der Waals surface area contributed by atoms with Crippen LogP contribution in [0.25, 0.3) is 11.0 Å². The van der Waals surface area contributed by atoms with Gasteiger partial charge in [-0.1, -0.05) is 36.4 Å². The number of fused-ring (bicyclic) bond motifs is 1. The Hall–Kier alpha value is -2.13. The lowest BCUT2D eigenvalue weighted by Crippen LogP contribution is -2.10. The summed E-state index contributed by atoms with van der Waals surface area (Å²) in [4.78, 5) is 0. The maximum atomic E-state index is 13.6. The van der Waals surface area contributed by atoms with Crippen LogP contribution >= 0.6 is 0 Å². The number of nitrogens with two attached hydrogens (primary N) is 1. The number of hydrogen-bond acceptors (Lipinski definition) is 2. The standard InChI is InChI=1S/C18H18FNO/c1-12-5-2-3-6-13(12)9-10-16(20)17-11-14-7-4-8-15(19)18(14)21-17/h2-8,11,16H,9-10,20H2,1H3. The molecule has 0 saturated carbocycles. The van der Waals surface area contributed by atoms with Gasteiger partial charge in [0.1, 0.15) is 5.76 Å². The van der Waals surface area contributed by atoms with Gasteiger partial charge in [0.2, 0.25) is 0 Å². The van der Waals surface area contributed by atoms with E-state index in [2.05, 4.69) is 19.1 Å². The Bertz CT molecular complexity index is 763. The lowest BCUT2D eigenvalue weighted by Gasteiger charge is -2.10. The third-order valence-corrected chi connectivity index (χ3v) is 3.87. The van der Waals surface area contributed by atoms with Crippen LogP contribution in [0.4, 0.5) is 4.39 Å². The van der Waals surface area contributed by atoms with Gasteiger partial charge in [-0.25, -0.2) is 4.39 Å². The van der Waals surface area contributed by atoms with Crippen molar-refractivity contribution in [1.29, 1.82) is 0 Å². The molecule has 1 unspecified atom stereocenters. The first-order chi connectivity index (χ1) is 10.1. The van der Waals surface area contributed by atoms with Gasteiger partial charge >= 0.3 is 0 Å². The van der Waals surface area contributed by atoms with Gasteiger partial charge in [0.15, 0.2) is 11.4 Å². The van der Waals surface area contributed by atoms with Crippen LogP contribution < -0.4 is 5.73 Å². The average Bonchev–Trinajstić information content (AvgIpc) is 2.92. The van der Waals surface area contributed by atoms with Crippen LogP contribution in [0.5, 0.6) is 0 Å². The molecule has 0 spiro atoms. The zero-order chi connectivity index (χ0) is 14.8. The van der Waals surface area contributed by atoms with Gasteiger partial charge in [-0.2, -0.15) is 0 Å². The molecule has 2 aromatic carbocycles. The summed E-state index contributed by atoms with van der Waals surface area (Å²) in [5.74, 6) is 0.300. The normalized spacial score (nSPS) is 12.7. The minimum absolute atomic E-state index is 0.226. The average molecular weight is 283 g/mol. The number of rotatable bonds is 4. The Morgan fingerprint density at radius 1 is 1.14 bits per heavy atom. The molecule has 0 aliphatic rings. The molecular weight excluding hydrogens is 265 g/mol. The number of para-hydroxylation sites is 1. The molecule has 1 heterocycles. The van der Waals surface area contributed by atoms with E-state index in [0.717, 1.165) is 18.2 Å². The van der Waals surface area contributed by atoms with Gasteiger partial charge < -0.3 is 10.2 Å². The fourth-order valence-corrected chi connectivity index (χ4v) is 2.57. The maximum Gasteiger partial charge on any atom is 0.169 e. The minimum Gasteiger partial charge on any atom is -0.456 e. The van der Waals surface area contributed by atoms with Gasteiger partial charge in [0, 0.05) is 5.39 Å². The van der Waals surface area contributed by atoms with E-state index in [0.29, 0.717) is 11.3 Å². The number of furan rings is 1. The third-order valence-electron chi connectivity index (χ3n) is 3.87. The quantitative estimate of drug-likeness (QED) is 0.765. The highest BCUT2D eigenvalue weighted by Crippen LogP contribution is 2.27. The molecule has 2 nitrogen and oxygen atoms in total. The molecule has 108 valence electrons. The van der Waals surface area contributed by atoms with Crippen molar-refractivity contribution in [3.05, 3.63) is 71.2 Å². The predicted octanol–water partition coefficient (Wildman–Crippen LogP) is 4.51. The van der Waals surface area contributed by atoms with E-state index in [4.69, 9.17) is 10.2 Å². The molecule has 1 atom stereocenters. The van der Waals surface area contributed by atoms with Crippen LogP contribution in [0.1, 0.15) is 29.3 Å². The monoisotopic (exact) mass is 283 g/mol. The highest BCUT2D eigenvalue weighted by atomic mass is 19.1. The second-order valence-corrected chi connectivity index (χ2v) is 5.38. The molecule has 0 bridgehead atoms. The van der Waals surface area contributed by atoms with E-state index in [1.54, 1.807) is 6.07 Å². The van der Waals surface area contributed by atoms with Crippen molar-refractivity contribution in [3.8, 4) is 0 Å². The van der Waals surface area contributed by atoms with Crippen molar-refractivity contribution in [1.82, 2.24) is 0 Å².